The number of ether oxygens (including phenoxy) is 1. The Bertz CT molecular complexity index is 1390. The van der Waals surface area contributed by atoms with Crippen LogP contribution in [0.15, 0.2) is 90.0 Å². The number of anilines is 2. The van der Waals surface area contributed by atoms with Crippen LogP contribution >= 0.6 is 0 Å². The highest BCUT2D eigenvalue weighted by Crippen LogP contribution is 2.30. The molecule has 0 saturated heterocycles. The molecule has 0 fully saturated rings. The molecule has 1 aromatic heterocycles. The van der Waals surface area contributed by atoms with E-state index in [1.54, 1.807) is 23.0 Å². The van der Waals surface area contributed by atoms with Crippen LogP contribution in [0.3, 0.4) is 0 Å². The van der Waals surface area contributed by atoms with Crippen LogP contribution in [0.5, 0.6) is 5.75 Å². The summed E-state index contributed by atoms with van der Waals surface area (Å²) in [5.41, 5.74) is 1.42. The summed E-state index contributed by atoms with van der Waals surface area (Å²) >= 11 is 0. The molecule has 2 N–H and O–H groups in total. The number of benzene rings is 3. The van der Waals surface area contributed by atoms with Crippen molar-refractivity contribution in [1.82, 2.24) is 9.78 Å². The molecule has 0 radical (unpaired) electrons. The number of carbonyl (C=O) groups excluding carboxylic acids is 1. The molecule has 1 heterocycles. The summed E-state index contributed by atoms with van der Waals surface area (Å²) in [5.74, 6) is -0.778. The molecule has 4 aromatic rings. The summed E-state index contributed by atoms with van der Waals surface area (Å²) < 4.78 is 47.7. The molecule has 0 aliphatic heterocycles. The average Bonchev–Trinajstić information content (AvgIpc) is 3.31. The van der Waals surface area contributed by atoms with E-state index in [0.717, 1.165) is 30.0 Å². The number of amides is 1. The second kappa shape index (κ2) is 9.13. The fraction of sp³-hybridized carbons (Fsp3) is 0.0435. The molecular formula is C23H19FN4O4S. The number of halogens is 1. The van der Waals surface area contributed by atoms with Gasteiger partial charge in [0.25, 0.3) is 15.9 Å². The van der Waals surface area contributed by atoms with E-state index in [1.807, 2.05) is 30.3 Å². The van der Waals surface area contributed by atoms with Crippen LogP contribution in [0.4, 0.5) is 15.8 Å². The van der Waals surface area contributed by atoms with Gasteiger partial charge in [0, 0.05) is 11.9 Å². The quantitative estimate of drug-likeness (QED) is 0.427. The molecule has 4 rings (SSSR count). The van der Waals surface area contributed by atoms with Crippen molar-refractivity contribution in [1.29, 1.82) is 0 Å². The maximum Gasteiger partial charge on any atom is 0.276 e. The Morgan fingerprint density at radius 2 is 1.73 bits per heavy atom. The summed E-state index contributed by atoms with van der Waals surface area (Å²) in [4.78, 5) is 12.6. The zero-order valence-corrected chi connectivity index (χ0v) is 18.2. The first kappa shape index (κ1) is 22.0. The summed E-state index contributed by atoms with van der Waals surface area (Å²) in [5, 5.41) is 6.97. The minimum atomic E-state index is -4.01. The number of rotatable bonds is 7. The number of para-hydroxylation sites is 1. The number of sulfonamides is 1. The van der Waals surface area contributed by atoms with Crippen LogP contribution in [0.1, 0.15) is 10.5 Å². The summed E-state index contributed by atoms with van der Waals surface area (Å²) in [6.45, 7) is 0. The molecule has 0 aliphatic carbocycles. The van der Waals surface area contributed by atoms with E-state index in [0.29, 0.717) is 5.69 Å². The van der Waals surface area contributed by atoms with Crippen molar-refractivity contribution in [2.24, 2.45) is 0 Å². The van der Waals surface area contributed by atoms with Gasteiger partial charge in [0.2, 0.25) is 0 Å². The minimum absolute atomic E-state index is 0.106. The van der Waals surface area contributed by atoms with E-state index >= 15 is 0 Å². The first-order chi connectivity index (χ1) is 15.9. The monoisotopic (exact) mass is 466 g/mol. The molecule has 0 spiro atoms. The summed E-state index contributed by atoms with van der Waals surface area (Å²) in [6, 6.07) is 19.8. The summed E-state index contributed by atoms with van der Waals surface area (Å²) in [6.07, 6.45) is 1.67. The Labute approximate surface area is 189 Å². The first-order valence-corrected chi connectivity index (χ1v) is 11.2. The van der Waals surface area contributed by atoms with Gasteiger partial charge >= 0.3 is 0 Å². The first-order valence-electron chi connectivity index (χ1n) is 9.74. The van der Waals surface area contributed by atoms with Crippen molar-refractivity contribution >= 4 is 27.3 Å². The molecule has 168 valence electrons. The van der Waals surface area contributed by atoms with Gasteiger partial charge in [-0.1, -0.05) is 18.2 Å². The Hall–Kier alpha value is -4.18. The SMILES string of the molecule is COc1ccc(NC(=O)c2ccn(-c3ccccc3)n2)cc1NS(=O)(=O)c1ccc(F)cc1. The Morgan fingerprint density at radius 3 is 2.42 bits per heavy atom. The third-order valence-electron chi connectivity index (χ3n) is 4.67. The number of hydrogen-bond acceptors (Lipinski definition) is 5. The van der Waals surface area contributed by atoms with Crippen molar-refractivity contribution in [3.05, 3.63) is 96.6 Å². The van der Waals surface area contributed by atoms with Crippen LogP contribution < -0.4 is 14.8 Å². The molecule has 0 aliphatic rings. The number of aromatic nitrogens is 2. The molecule has 3 aromatic carbocycles. The molecule has 8 nitrogen and oxygen atoms in total. The highest BCUT2D eigenvalue weighted by atomic mass is 32.2. The van der Waals surface area contributed by atoms with Crippen molar-refractivity contribution in [3.8, 4) is 11.4 Å². The Balaban J connectivity index is 1.55. The zero-order valence-electron chi connectivity index (χ0n) is 17.4. The predicted octanol–water partition coefficient (Wildman–Crippen LogP) is 4.07. The van der Waals surface area contributed by atoms with E-state index in [4.69, 9.17) is 4.74 Å². The fourth-order valence-electron chi connectivity index (χ4n) is 3.05. The van der Waals surface area contributed by atoms with Gasteiger partial charge in [-0.3, -0.25) is 9.52 Å². The molecule has 10 heteroatoms. The fourth-order valence-corrected chi connectivity index (χ4v) is 4.11. The van der Waals surface area contributed by atoms with Crippen molar-refractivity contribution < 1.29 is 22.3 Å². The van der Waals surface area contributed by atoms with Gasteiger partial charge in [0.05, 0.1) is 23.4 Å². The van der Waals surface area contributed by atoms with Gasteiger partial charge in [0.15, 0.2) is 5.69 Å². The van der Waals surface area contributed by atoms with E-state index in [1.165, 1.54) is 19.2 Å². The number of nitrogens with one attached hydrogen (secondary N) is 2. The van der Waals surface area contributed by atoms with Gasteiger partial charge in [0.1, 0.15) is 11.6 Å². The molecular weight excluding hydrogens is 447 g/mol. The third-order valence-corrected chi connectivity index (χ3v) is 6.05. The maximum atomic E-state index is 13.2. The van der Waals surface area contributed by atoms with Gasteiger partial charge < -0.3 is 10.1 Å². The third kappa shape index (κ3) is 5.01. The number of nitrogens with zero attached hydrogens (tertiary/aromatic N) is 2. The van der Waals surface area contributed by atoms with Crippen LogP contribution in [-0.2, 0) is 10.0 Å². The lowest BCUT2D eigenvalue weighted by Gasteiger charge is -2.14. The van der Waals surface area contributed by atoms with Crippen LogP contribution in [-0.4, -0.2) is 31.2 Å². The normalized spacial score (nSPS) is 11.1. The highest BCUT2D eigenvalue weighted by molar-refractivity contribution is 7.92. The molecule has 0 unspecified atom stereocenters. The van der Waals surface area contributed by atoms with E-state index in [-0.39, 0.29) is 22.0 Å². The largest absolute Gasteiger partial charge is 0.495 e. The van der Waals surface area contributed by atoms with Crippen LogP contribution in [0.2, 0.25) is 0 Å². The van der Waals surface area contributed by atoms with Crippen molar-refractivity contribution in [2.75, 3.05) is 17.1 Å². The molecule has 1 amide bonds. The van der Waals surface area contributed by atoms with Gasteiger partial charge in [-0.15, -0.1) is 0 Å². The van der Waals surface area contributed by atoms with E-state index < -0.39 is 21.7 Å². The minimum Gasteiger partial charge on any atom is -0.495 e. The lowest BCUT2D eigenvalue weighted by molar-refractivity contribution is 0.102. The topological polar surface area (TPSA) is 102 Å². The predicted molar refractivity (Wildman–Crippen MR) is 122 cm³/mol. The maximum absolute atomic E-state index is 13.2. The molecule has 0 atom stereocenters. The van der Waals surface area contributed by atoms with Gasteiger partial charge in [-0.2, -0.15) is 5.10 Å². The second-order valence-corrected chi connectivity index (χ2v) is 8.59. The van der Waals surface area contributed by atoms with Gasteiger partial charge in [-0.05, 0) is 60.7 Å². The lowest BCUT2D eigenvalue weighted by atomic mass is 10.2. The highest BCUT2D eigenvalue weighted by Gasteiger charge is 2.18. The Kier molecular flexibility index (Phi) is 6.09. The second-order valence-electron chi connectivity index (χ2n) is 6.91. The molecule has 0 saturated carbocycles. The van der Waals surface area contributed by atoms with Gasteiger partial charge in [-0.25, -0.2) is 17.5 Å². The van der Waals surface area contributed by atoms with Crippen molar-refractivity contribution in [2.45, 2.75) is 4.90 Å². The van der Waals surface area contributed by atoms with Crippen LogP contribution in [0.25, 0.3) is 5.69 Å². The lowest BCUT2D eigenvalue weighted by Crippen LogP contribution is -2.15. The number of methoxy groups -OCH3 is 1. The average molecular weight is 466 g/mol. The smallest absolute Gasteiger partial charge is 0.276 e. The van der Waals surface area contributed by atoms with Crippen LogP contribution in [0, 0.1) is 5.82 Å². The zero-order chi connectivity index (χ0) is 23.4. The molecule has 33 heavy (non-hydrogen) atoms. The summed E-state index contributed by atoms with van der Waals surface area (Å²) in [7, 11) is -2.62. The standard InChI is InChI=1S/C23H19FN4O4S/c1-32-22-12-9-17(15-21(22)27-33(30,31)19-10-7-16(24)8-11-19)25-23(29)20-13-14-28(26-20)18-5-3-2-4-6-18/h2-15,27H,1H3,(H,25,29). The number of carbonyl (C=O) groups is 1. The van der Waals surface area contributed by atoms with Crippen molar-refractivity contribution in [3.63, 3.8) is 0 Å². The number of hydrogen-bond donors (Lipinski definition) is 2. The molecule has 0 bridgehead atoms. The van der Waals surface area contributed by atoms with E-state index in [2.05, 4.69) is 15.1 Å². The van der Waals surface area contributed by atoms with E-state index in [9.17, 15) is 17.6 Å². The Morgan fingerprint density at radius 1 is 1.00 bits per heavy atom.